The zero-order valence-corrected chi connectivity index (χ0v) is 6.26. The smallest absolute Gasteiger partial charge is 0.792 e. The second-order valence-electron chi connectivity index (χ2n) is 1.70. The van der Waals surface area contributed by atoms with E-state index < -0.39 is 0 Å². The maximum atomic E-state index is 9.85. The standard InChI is InChI=1S/C6H6N2O2.Cu/c9-7-5-1-2-6(8-10)4-3-5;/h1-4,9-10H;/q;+2/p-2. The van der Waals surface area contributed by atoms with Gasteiger partial charge in [0.1, 0.15) is 0 Å². The molecule has 0 fully saturated rings. The number of nitrogens with zero attached hydrogens (tertiary/aromatic N) is 2. The summed E-state index contributed by atoms with van der Waals surface area (Å²) in [4.78, 5) is 0. The zero-order chi connectivity index (χ0) is 7.40. The van der Waals surface area contributed by atoms with Crippen LogP contribution in [0.2, 0.25) is 0 Å². The van der Waals surface area contributed by atoms with Crippen LogP contribution in [0.4, 0.5) is 0 Å². The van der Waals surface area contributed by atoms with Crippen molar-refractivity contribution in [1.29, 1.82) is 0 Å². The van der Waals surface area contributed by atoms with Crippen LogP contribution in [-0.2, 0) is 17.1 Å². The summed E-state index contributed by atoms with van der Waals surface area (Å²) in [5, 5.41) is 25.0. The summed E-state index contributed by atoms with van der Waals surface area (Å²) >= 11 is 0. The first-order valence-corrected chi connectivity index (χ1v) is 2.63. The van der Waals surface area contributed by atoms with E-state index in [9.17, 15) is 10.4 Å². The van der Waals surface area contributed by atoms with Gasteiger partial charge in [-0.1, -0.05) is 0 Å². The molecule has 0 spiro atoms. The van der Waals surface area contributed by atoms with Crippen LogP contribution < -0.4 is 0 Å². The Labute approximate surface area is 74.1 Å². The zero-order valence-electron chi connectivity index (χ0n) is 5.32. The van der Waals surface area contributed by atoms with E-state index in [1.807, 2.05) is 0 Å². The molecule has 0 N–H and O–H groups in total. The van der Waals surface area contributed by atoms with E-state index in [4.69, 9.17) is 0 Å². The average molecular weight is 200 g/mol. The Morgan fingerprint density at radius 1 is 0.818 bits per heavy atom. The van der Waals surface area contributed by atoms with Gasteiger partial charge < -0.3 is 20.7 Å². The van der Waals surface area contributed by atoms with Crippen LogP contribution in [-0.4, -0.2) is 11.4 Å². The minimum atomic E-state index is 0. The van der Waals surface area contributed by atoms with Gasteiger partial charge in [0.2, 0.25) is 0 Å². The van der Waals surface area contributed by atoms with Crippen LogP contribution in [0.5, 0.6) is 0 Å². The van der Waals surface area contributed by atoms with Gasteiger partial charge in [-0.3, -0.25) is 0 Å². The van der Waals surface area contributed by atoms with Crippen molar-refractivity contribution in [3.05, 3.63) is 34.7 Å². The molecule has 1 aliphatic rings. The fourth-order valence-electron chi connectivity index (χ4n) is 0.574. The van der Waals surface area contributed by atoms with E-state index in [1.54, 1.807) is 0 Å². The predicted octanol–water partition coefficient (Wildman–Crippen LogP) is 0.988. The van der Waals surface area contributed by atoms with Gasteiger partial charge in [-0.05, 0) is 24.3 Å². The molecule has 0 amide bonds. The van der Waals surface area contributed by atoms with E-state index >= 15 is 0 Å². The maximum absolute atomic E-state index is 9.85. The SMILES string of the molecule is [Cu+2].[O-]N=C1C=CC(=N[O-])C=C1. The molecule has 11 heavy (non-hydrogen) atoms. The van der Waals surface area contributed by atoms with Crippen molar-refractivity contribution >= 4 is 11.4 Å². The minimum Gasteiger partial charge on any atom is -0.792 e. The van der Waals surface area contributed by atoms with E-state index in [0.29, 0.717) is 11.4 Å². The second-order valence-corrected chi connectivity index (χ2v) is 1.70. The Bertz CT molecular complexity index is 201. The van der Waals surface area contributed by atoms with Crippen molar-refractivity contribution in [2.24, 2.45) is 10.3 Å². The molecular weight excluding hydrogens is 196 g/mol. The molecule has 61 valence electrons. The van der Waals surface area contributed by atoms with E-state index in [1.165, 1.54) is 24.3 Å². The topological polar surface area (TPSA) is 70.8 Å². The van der Waals surface area contributed by atoms with E-state index in [2.05, 4.69) is 10.3 Å². The summed E-state index contributed by atoms with van der Waals surface area (Å²) < 4.78 is 0. The quantitative estimate of drug-likeness (QED) is 0.332. The van der Waals surface area contributed by atoms with Crippen molar-refractivity contribution < 1.29 is 17.1 Å². The summed E-state index contributed by atoms with van der Waals surface area (Å²) in [6.07, 6.45) is 5.74. The van der Waals surface area contributed by atoms with Gasteiger partial charge in [-0.2, -0.15) is 0 Å². The van der Waals surface area contributed by atoms with Crippen LogP contribution in [0.1, 0.15) is 0 Å². The summed E-state index contributed by atoms with van der Waals surface area (Å²) in [6, 6.07) is 0. The Kier molecular flexibility index (Phi) is 4.25. The van der Waals surface area contributed by atoms with Crippen LogP contribution in [0, 0.1) is 10.4 Å². The molecule has 4 nitrogen and oxygen atoms in total. The number of hydrogen-bond donors (Lipinski definition) is 0. The van der Waals surface area contributed by atoms with Crippen molar-refractivity contribution in [3.63, 3.8) is 0 Å². The molecule has 1 radical (unpaired) electrons. The third-order valence-corrected chi connectivity index (χ3v) is 1.06. The molecule has 0 atom stereocenters. The molecule has 0 aromatic rings. The monoisotopic (exact) mass is 199 g/mol. The van der Waals surface area contributed by atoms with Gasteiger partial charge in [0, 0.05) is 0 Å². The number of allylic oxidation sites excluding steroid dienone is 4. The molecule has 1 aliphatic carbocycles. The van der Waals surface area contributed by atoms with Gasteiger partial charge in [0.05, 0.1) is 11.4 Å². The average Bonchev–Trinajstić information content (AvgIpc) is 2.05. The van der Waals surface area contributed by atoms with Crippen molar-refractivity contribution in [2.45, 2.75) is 0 Å². The van der Waals surface area contributed by atoms with Crippen molar-refractivity contribution in [3.8, 4) is 0 Å². The molecule has 0 heterocycles. The third kappa shape index (κ3) is 2.57. The fraction of sp³-hybridized carbons (Fsp3) is 0. The summed E-state index contributed by atoms with van der Waals surface area (Å²) in [5.74, 6) is 0. The summed E-state index contributed by atoms with van der Waals surface area (Å²) in [6.45, 7) is 0. The van der Waals surface area contributed by atoms with Crippen molar-refractivity contribution in [2.75, 3.05) is 0 Å². The largest absolute Gasteiger partial charge is 2.00 e. The van der Waals surface area contributed by atoms with Crippen molar-refractivity contribution in [1.82, 2.24) is 0 Å². The van der Waals surface area contributed by atoms with Crippen LogP contribution in [0.3, 0.4) is 0 Å². The van der Waals surface area contributed by atoms with Crippen LogP contribution in [0.25, 0.3) is 0 Å². The molecule has 5 heteroatoms. The van der Waals surface area contributed by atoms with Gasteiger partial charge in [-0.25, -0.2) is 0 Å². The molecular formula is C6H4CuN2O2. The first-order chi connectivity index (χ1) is 4.86. The Balaban J connectivity index is 0.000001000. The summed E-state index contributed by atoms with van der Waals surface area (Å²) in [7, 11) is 0. The summed E-state index contributed by atoms with van der Waals surface area (Å²) in [5.41, 5.74) is 0.597. The molecule has 0 unspecified atom stereocenters. The van der Waals surface area contributed by atoms with Crippen LogP contribution in [0.15, 0.2) is 34.6 Å². The second kappa shape index (κ2) is 4.71. The molecule has 0 aromatic carbocycles. The molecule has 0 bridgehead atoms. The fourth-order valence-corrected chi connectivity index (χ4v) is 0.574. The normalized spacial score (nSPS) is 14.2. The molecule has 0 saturated carbocycles. The Morgan fingerprint density at radius 3 is 1.27 bits per heavy atom. The Hall–Kier alpha value is -1.06. The first kappa shape index (κ1) is 9.94. The molecule has 1 rings (SSSR count). The molecule has 0 saturated heterocycles. The molecule has 0 aromatic heterocycles. The first-order valence-electron chi connectivity index (χ1n) is 2.63. The van der Waals surface area contributed by atoms with Gasteiger partial charge in [0.25, 0.3) is 0 Å². The third-order valence-electron chi connectivity index (χ3n) is 1.06. The maximum Gasteiger partial charge on any atom is 2.00 e. The van der Waals surface area contributed by atoms with Gasteiger partial charge in [-0.15, -0.1) is 0 Å². The minimum absolute atomic E-state index is 0. The van der Waals surface area contributed by atoms with E-state index in [-0.39, 0.29) is 17.1 Å². The predicted molar refractivity (Wildman–Crippen MR) is 39.9 cm³/mol. The number of hydrogen-bond acceptors (Lipinski definition) is 4. The van der Waals surface area contributed by atoms with Gasteiger partial charge in [0.15, 0.2) is 0 Å². The molecule has 0 aliphatic heterocycles. The van der Waals surface area contributed by atoms with Crippen LogP contribution >= 0.6 is 0 Å². The number of rotatable bonds is 0. The van der Waals surface area contributed by atoms with Gasteiger partial charge >= 0.3 is 17.1 Å². The Morgan fingerprint density at radius 2 is 1.09 bits per heavy atom. The van der Waals surface area contributed by atoms with E-state index in [0.717, 1.165) is 0 Å².